The zero-order valence-electron chi connectivity index (χ0n) is 11.6. The first kappa shape index (κ1) is 14.5. The van der Waals surface area contributed by atoms with Crippen LogP contribution in [0.1, 0.15) is 18.1 Å². The molecular formula is C13H20ClN3O2. The van der Waals surface area contributed by atoms with E-state index in [0.29, 0.717) is 17.8 Å². The highest BCUT2D eigenvalue weighted by atomic mass is 35.5. The van der Waals surface area contributed by atoms with E-state index >= 15 is 0 Å². The fourth-order valence-corrected chi connectivity index (χ4v) is 2.34. The molecule has 5 nitrogen and oxygen atoms in total. The monoisotopic (exact) mass is 285 g/mol. The fraction of sp³-hybridized carbons (Fsp3) is 0.615. The number of rotatable bonds is 4. The number of hydrogen-bond donors (Lipinski definition) is 1. The van der Waals surface area contributed by atoms with Crippen LogP contribution in [-0.2, 0) is 16.2 Å². The molecule has 1 fully saturated rings. The predicted molar refractivity (Wildman–Crippen MR) is 75.5 cm³/mol. The first-order valence-corrected chi connectivity index (χ1v) is 6.80. The van der Waals surface area contributed by atoms with Gasteiger partial charge < -0.3 is 9.64 Å². The van der Waals surface area contributed by atoms with Crippen LogP contribution in [0.3, 0.4) is 0 Å². The van der Waals surface area contributed by atoms with E-state index < -0.39 is 0 Å². The van der Waals surface area contributed by atoms with Gasteiger partial charge in [-0.2, -0.15) is 0 Å². The van der Waals surface area contributed by atoms with Crippen molar-refractivity contribution in [2.24, 2.45) is 0 Å². The number of hydroxylamine groups is 1. The Bertz CT molecular complexity index is 442. The lowest BCUT2D eigenvalue weighted by molar-refractivity contribution is 0.0441. The third kappa shape index (κ3) is 3.36. The standard InChI is InChI=1S/C13H20ClN3O2/c1-9-7-18-5-4-17(9)12-6-11(8-19-15-3)10(2)13(14)16-12/h6,9,15H,4-5,7-8H2,1-3H3. The van der Waals surface area contributed by atoms with Gasteiger partial charge in [0.25, 0.3) is 0 Å². The van der Waals surface area contributed by atoms with E-state index in [-0.39, 0.29) is 0 Å². The Morgan fingerprint density at radius 2 is 2.42 bits per heavy atom. The molecule has 6 heteroatoms. The molecular weight excluding hydrogens is 266 g/mol. The number of nitrogens with zero attached hydrogens (tertiary/aromatic N) is 2. The minimum Gasteiger partial charge on any atom is -0.377 e. The molecule has 0 saturated carbocycles. The van der Waals surface area contributed by atoms with Gasteiger partial charge in [0.05, 0.1) is 25.9 Å². The summed E-state index contributed by atoms with van der Waals surface area (Å²) in [7, 11) is 1.74. The van der Waals surface area contributed by atoms with Gasteiger partial charge in [0.1, 0.15) is 11.0 Å². The number of morpholine rings is 1. The number of aromatic nitrogens is 1. The smallest absolute Gasteiger partial charge is 0.134 e. The fourth-order valence-electron chi connectivity index (χ4n) is 2.13. The maximum atomic E-state index is 6.22. The van der Waals surface area contributed by atoms with E-state index in [1.165, 1.54) is 0 Å². The van der Waals surface area contributed by atoms with Crippen molar-refractivity contribution in [2.75, 3.05) is 31.7 Å². The largest absolute Gasteiger partial charge is 0.377 e. The highest BCUT2D eigenvalue weighted by molar-refractivity contribution is 6.30. The Morgan fingerprint density at radius 1 is 1.63 bits per heavy atom. The molecule has 0 aromatic carbocycles. The average molecular weight is 286 g/mol. The van der Waals surface area contributed by atoms with Gasteiger partial charge in [-0.1, -0.05) is 11.6 Å². The first-order chi connectivity index (χ1) is 9.13. The molecule has 1 unspecified atom stereocenters. The number of halogens is 1. The van der Waals surface area contributed by atoms with E-state index in [1.807, 2.05) is 13.0 Å². The molecule has 19 heavy (non-hydrogen) atoms. The van der Waals surface area contributed by atoms with Crippen molar-refractivity contribution in [2.45, 2.75) is 26.5 Å². The third-order valence-corrected chi connectivity index (χ3v) is 3.71. The van der Waals surface area contributed by atoms with Gasteiger partial charge in [-0.3, -0.25) is 4.84 Å². The first-order valence-electron chi connectivity index (χ1n) is 6.42. The molecule has 2 heterocycles. The van der Waals surface area contributed by atoms with Crippen LogP contribution in [0.2, 0.25) is 5.15 Å². The van der Waals surface area contributed by atoms with E-state index in [9.17, 15) is 0 Å². The molecule has 1 aliphatic heterocycles. The molecule has 1 aromatic rings. The quantitative estimate of drug-likeness (QED) is 0.676. The van der Waals surface area contributed by atoms with Gasteiger partial charge in [0.2, 0.25) is 0 Å². The maximum absolute atomic E-state index is 6.22. The van der Waals surface area contributed by atoms with Crippen LogP contribution in [-0.4, -0.2) is 37.8 Å². The number of nitrogens with one attached hydrogen (secondary N) is 1. The summed E-state index contributed by atoms with van der Waals surface area (Å²) in [6.45, 7) is 6.82. The molecule has 1 saturated heterocycles. The second-order valence-corrected chi connectivity index (χ2v) is 5.02. The van der Waals surface area contributed by atoms with Crippen LogP contribution in [0.4, 0.5) is 5.82 Å². The van der Waals surface area contributed by atoms with Gasteiger partial charge >= 0.3 is 0 Å². The molecule has 0 radical (unpaired) electrons. The summed E-state index contributed by atoms with van der Waals surface area (Å²) in [5.41, 5.74) is 4.68. The van der Waals surface area contributed by atoms with Crippen molar-refractivity contribution in [3.05, 3.63) is 22.3 Å². The Hall–Kier alpha value is -0.880. The number of ether oxygens (including phenoxy) is 1. The predicted octanol–water partition coefficient (Wildman–Crippen LogP) is 1.92. The number of pyridine rings is 1. The van der Waals surface area contributed by atoms with Crippen molar-refractivity contribution < 1.29 is 9.57 Å². The summed E-state index contributed by atoms with van der Waals surface area (Å²) in [4.78, 5) is 11.9. The zero-order chi connectivity index (χ0) is 13.8. The van der Waals surface area contributed by atoms with Crippen molar-refractivity contribution in [1.29, 1.82) is 0 Å². The Labute approximate surface area is 118 Å². The second kappa shape index (κ2) is 6.52. The van der Waals surface area contributed by atoms with E-state index in [0.717, 1.165) is 36.7 Å². The third-order valence-electron chi connectivity index (χ3n) is 3.34. The summed E-state index contributed by atoms with van der Waals surface area (Å²) in [6.07, 6.45) is 0. The normalized spacial score (nSPS) is 19.8. The average Bonchev–Trinajstić information content (AvgIpc) is 2.41. The highest BCUT2D eigenvalue weighted by Crippen LogP contribution is 2.25. The zero-order valence-corrected chi connectivity index (χ0v) is 12.3. The number of anilines is 1. The lowest BCUT2D eigenvalue weighted by atomic mass is 10.1. The summed E-state index contributed by atoms with van der Waals surface area (Å²) >= 11 is 6.22. The van der Waals surface area contributed by atoms with Crippen LogP contribution in [0.5, 0.6) is 0 Å². The minimum absolute atomic E-state index is 0.304. The molecule has 0 bridgehead atoms. The Kier molecular flexibility index (Phi) is 4.99. The van der Waals surface area contributed by atoms with Gasteiger partial charge in [-0.25, -0.2) is 10.5 Å². The Morgan fingerprint density at radius 3 is 3.11 bits per heavy atom. The SMILES string of the molecule is CNOCc1cc(N2CCOCC2C)nc(Cl)c1C. The second-order valence-electron chi connectivity index (χ2n) is 4.67. The molecule has 106 valence electrons. The van der Waals surface area contributed by atoms with Gasteiger partial charge in [-0.05, 0) is 31.0 Å². The van der Waals surface area contributed by atoms with Crippen LogP contribution >= 0.6 is 11.6 Å². The summed E-state index contributed by atoms with van der Waals surface area (Å²) in [5.74, 6) is 0.890. The van der Waals surface area contributed by atoms with Gasteiger partial charge in [0, 0.05) is 13.6 Å². The Balaban J connectivity index is 2.27. The molecule has 0 amide bonds. The molecule has 0 spiro atoms. The molecule has 1 atom stereocenters. The van der Waals surface area contributed by atoms with Gasteiger partial charge in [-0.15, -0.1) is 0 Å². The molecule has 1 N–H and O–H groups in total. The molecule has 1 aromatic heterocycles. The van der Waals surface area contributed by atoms with Crippen LogP contribution in [0.15, 0.2) is 6.07 Å². The number of hydrogen-bond acceptors (Lipinski definition) is 5. The van der Waals surface area contributed by atoms with E-state index in [4.69, 9.17) is 21.2 Å². The lowest BCUT2D eigenvalue weighted by Crippen LogP contribution is -2.44. The van der Waals surface area contributed by atoms with Crippen molar-refractivity contribution in [3.63, 3.8) is 0 Å². The summed E-state index contributed by atoms with van der Waals surface area (Å²) < 4.78 is 5.45. The minimum atomic E-state index is 0.304. The van der Waals surface area contributed by atoms with Gasteiger partial charge in [0.15, 0.2) is 0 Å². The van der Waals surface area contributed by atoms with Crippen LogP contribution in [0.25, 0.3) is 0 Å². The van der Waals surface area contributed by atoms with E-state index in [2.05, 4.69) is 22.3 Å². The van der Waals surface area contributed by atoms with E-state index in [1.54, 1.807) is 7.05 Å². The van der Waals surface area contributed by atoms with Crippen LogP contribution < -0.4 is 10.4 Å². The highest BCUT2D eigenvalue weighted by Gasteiger charge is 2.21. The van der Waals surface area contributed by atoms with Crippen LogP contribution in [0, 0.1) is 6.92 Å². The molecule has 0 aliphatic carbocycles. The molecule has 1 aliphatic rings. The lowest BCUT2D eigenvalue weighted by Gasteiger charge is -2.34. The maximum Gasteiger partial charge on any atom is 0.134 e. The van der Waals surface area contributed by atoms with Crippen molar-refractivity contribution in [1.82, 2.24) is 10.5 Å². The van der Waals surface area contributed by atoms with Crippen molar-refractivity contribution in [3.8, 4) is 0 Å². The topological polar surface area (TPSA) is 46.6 Å². The summed E-state index contributed by atoms with van der Waals surface area (Å²) in [6, 6.07) is 2.35. The summed E-state index contributed by atoms with van der Waals surface area (Å²) in [5, 5.41) is 0.533. The van der Waals surface area contributed by atoms with Crippen molar-refractivity contribution >= 4 is 17.4 Å². The molecule has 2 rings (SSSR count).